The smallest absolute Gasteiger partial charge is 0.255 e. The topological polar surface area (TPSA) is 45.3 Å². The lowest BCUT2D eigenvalue weighted by Crippen LogP contribution is -2.48. The molecule has 0 spiro atoms. The molecule has 4 nitrogen and oxygen atoms in total. The average molecular weight is 282 g/mol. The van der Waals surface area contributed by atoms with Gasteiger partial charge in [-0.05, 0) is 38.3 Å². The molecule has 0 radical (unpaired) electrons. The third-order valence-electron chi connectivity index (χ3n) is 3.19. The predicted molar refractivity (Wildman–Crippen MR) is 81.5 cm³/mol. The molecule has 0 aromatic carbocycles. The van der Waals surface area contributed by atoms with Crippen LogP contribution in [0.1, 0.15) is 29.8 Å². The monoisotopic (exact) mass is 282 g/mol. The van der Waals surface area contributed by atoms with E-state index in [0.717, 1.165) is 10.2 Å². The van der Waals surface area contributed by atoms with Crippen LogP contribution in [0.25, 0.3) is 0 Å². The number of nitrogens with zero attached hydrogens (tertiary/aromatic N) is 1. The van der Waals surface area contributed by atoms with Crippen molar-refractivity contribution in [3.8, 4) is 0 Å². The third-order valence-corrected chi connectivity index (χ3v) is 3.92. The van der Waals surface area contributed by atoms with Gasteiger partial charge in [-0.2, -0.15) is 0 Å². The van der Waals surface area contributed by atoms with E-state index in [1.54, 1.807) is 25.3 Å². The summed E-state index contributed by atoms with van der Waals surface area (Å²) in [7, 11) is 4.82. The molecule has 0 aliphatic carbocycles. The fourth-order valence-corrected chi connectivity index (χ4v) is 2.22. The van der Waals surface area contributed by atoms with Crippen LogP contribution in [0, 0.1) is 11.6 Å². The Balaban J connectivity index is 3.07. The zero-order valence-corrected chi connectivity index (χ0v) is 13.1. The minimum Gasteiger partial charge on any atom is -0.382 e. The highest BCUT2D eigenvalue weighted by Crippen LogP contribution is 2.16. The third kappa shape index (κ3) is 3.58. The molecule has 0 aliphatic heterocycles. The summed E-state index contributed by atoms with van der Waals surface area (Å²) in [6.45, 7) is 6.40. The Bertz CT molecular complexity index is 557. The molecule has 0 aliphatic rings. The lowest BCUT2D eigenvalue weighted by Gasteiger charge is -2.35. The van der Waals surface area contributed by atoms with Crippen LogP contribution in [-0.4, -0.2) is 48.0 Å². The van der Waals surface area contributed by atoms with E-state index in [1.807, 2.05) is 26.8 Å². The van der Waals surface area contributed by atoms with E-state index in [2.05, 4.69) is 10.9 Å². The van der Waals surface area contributed by atoms with Gasteiger partial charge < -0.3 is 14.6 Å². The van der Waals surface area contributed by atoms with Gasteiger partial charge in [-0.1, -0.05) is 0 Å². The fourth-order valence-electron chi connectivity index (χ4n) is 1.80. The number of aromatic amines is 1. The molecule has 0 fully saturated rings. The van der Waals surface area contributed by atoms with Crippen LogP contribution in [0.3, 0.4) is 0 Å². The molecule has 1 N–H and O–H groups in total. The zero-order valence-electron chi connectivity index (χ0n) is 12.2. The average Bonchev–Trinajstić information content (AvgIpc) is 2.36. The largest absolute Gasteiger partial charge is 0.382 e. The van der Waals surface area contributed by atoms with Crippen molar-refractivity contribution in [2.75, 3.05) is 20.8 Å². The van der Waals surface area contributed by atoms with Gasteiger partial charge in [0, 0.05) is 20.4 Å². The SMILES string of the molecule is C=S=c1[nH]cc(C(=O)N(C)C(C)(C)COC)cc1C. The molecule has 106 valence electrons. The maximum atomic E-state index is 12.4. The van der Waals surface area contributed by atoms with Gasteiger partial charge in [0.15, 0.2) is 0 Å². The standard InChI is InChI=1S/C14H22N2O2S/c1-10-7-11(8-15-12(10)19-6)13(17)16(4)14(2,3)9-18-5/h7-8,15H,6,9H2,1-5H3. The van der Waals surface area contributed by atoms with Crippen molar-refractivity contribution < 1.29 is 9.53 Å². The van der Waals surface area contributed by atoms with E-state index in [4.69, 9.17) is 4.74 Å². The van der Waals surface area contributed by atoms with Gasteiger partial charge in [-0.25, -0.2) is 0 Å². The molecule has 0 saturated heterocycles. The van der Waals surface area contributed by atoms with E-state index in [9.17, 15) is 4.79 Å². The number of H-pyrrole nitrogens is 1. The first-order valence-corrected chi connectivity index (χ1v) is 7.03. The number of carbonyl (C=O) groups is 1. The summed E-state index contributed by atoms with van der Waals surface area (Å²) in [4.78, 5) is 17.2. The molecule has 0 saturated carbocycles. The Labute approximate surface area is 118 Å². The van der Waals surface area contributed by atoms with Crippen molar-refractivity contribution in [1.82, 2.24) is 9.88 Å². The zero-order chi connectivity index (χ0) is 14.6. The second-order valence-corrected chi connectivity index (χ2v) is 5.85. The highest BCUT2D eigenvalue weighted by Gasteiger charge is 2.28. The molecule has 1 aromatic heterocycles. The number of aromatic nitrogens is 1. The Hall–Kier alpha value is -1.33. The van der Waals surface area contributed by atoms with Crippen LogP contribution in [0.5, 0.6) is 0 Å². The first-order valence-electron chi connectivity index (χ1n) is 6.05. The van der Waals surface area contributed by atoms with Crippen LogP contribution in [-0.2, 0) is 4.74 Å². The van der Waals surface area contributed by atoms with Crippen molar-refractivity contribution in [3.05, 3.63) is 28.0 Å². The summed E-state index contributed by atoms with van der Waals surface area (Å²) in [6.07, 6.45) is 1.72. The van der Waals surface area contributed by atoms with Crippen LogP contribution in [0.2, 0.25) is 0 Å². The van der Waals surface area contributed by atoms with Crippen molar-refractivity contribution in [1.29, 1.82) is 0 Å². The van der Waals surface area contributed by atoms with Gasteiger partial charge >= 0.3 is 0 Å². The minimum atomic E-state index is -0.348. The summed E-state index contributed by atoms with van der Waals surface area (Å²) >= 11 is 0. The van der Waals surface area contributed by atoms with E-state index in [1.165, 1.54) is 10.9 Å². The number of ether oxygens (including phenoxy) is 1. The highest BCUT2D eigenvalue weighted by molar-refractivity contribution is 7.88. The molecular weight excluding hydrogens is 260 g/mol. The Kier molecular flexibility index (Phi) is 5.14. The van der Waals surface area contributed by atoms with Crippen LogP contribution >= 0.6 is 10.9 Å². The fraction of sp³-hybridized carbons (Fsp3) is 0.500. The molecule has 19 heavy (non-hydrogen) atoms. The van der Waals surface area contributed by atoms with Crippen molar-refractivity contribution in [2.24, 2.45) is 0 Å². The van der Waals surface area contributed by atoms with Crippen LogP contribution < -0.4 is 0 Å². The first kappa shape index (κ1) is 15.7. The molecule has 1 rings (SSSR count). The Morgan fingerprint density at radius 1 is 1.58 bits per heavy atom. The predicted octanol–water partition coefficient (Wildman–Crippen LogP) is 2.52. The number of likely N-dealkylation sites (N-methyl/N-ethyl adjacent to an activating group) is 1. The molecule has 1 amide bonds. The number of hydrogen-bond acceptors (Lipinski definition) is 2. The lowest BCUT2D eigenvalue weighted by molar-refractivity contribution is 0.0366. The summed E-state index contributed by atoms with van der Waals surface area (Å²) in [5, 5.41) is 0. The van der Waals surface area contributed by atoms with Gasteiger partial charge in [-0.3, -0.25) is 4.79 Å². The van der Waals surface area contributed by atoms with Gasteiger partial charge in [-0.15, -0.1) is 10.9 Å². The maximum absolute atomic E-state index is 12.4. The molecular formula is C14H22N2O2S. The molecule has 0 atom stereocenters. The van der Waals surface area contributed by atoms with Crippen LogP contribution in [0.4, 0.5) is 0 Å². The summed E-state index contributed by atoms with van der Waals surface area (Å²) in [6, 6.07) is 1.88. The first-order chi connectivity index (χ1) is 8.83. The number of aryl methyl sites for hydroxylation is 1. The van der Waals surface area contributed by atoms with Gasteiger partial charge in [0.1, 0.15) is 0 Å². The molecule has 5 heteroatoms. The number of rotatable bonds is 4. The van der Waals surface area contributed by atoms with Crippen molar-refractivity contribution >= 4 is 22.7 Å². The highest BCUT2D eigenvalue weighted by atomic mass is 32.1. The van der Waals surface area contributed by atoms with Crippen LogP contribution in [0.15, 0.2) is 12.3 Å². The normalized spacial score (nSPS) is 11.2. The van der Waals surface area contributed by atoms with Gasteiger partial charge in [0.05, 0.1) is 22.3 Å². The maximum Gasteiger partial charge on any atom is 0.255 e. The number of methoxy groups -OCH3 is 1. The van der Waals surface area contributed by atoms with E-state index in [0.29, 0.717) is 12.2 Å². The van der Waals surface area contributed by atoms with E-state index in [-0.39, 0.29) is 11.4 Å². The minimum absolute atomic E-state index is 0.0259. The van der Waals surface area contributed by atoms with Gasteiger partial charge in [0.2, 0.25) is 0 Å². The summed E-state index contributed by atoms with van der Waals surface area (Å²) < 4.78 is 6.13. The van der Waals surface area contributed by atoms with E-state index < -0.39 is 0 Å². The Morgan fingerprint density at radius 2 is 2.21 bits per heavy atom. The van der Waals surface area contributed by atoms with Crippen molar-refractivity contribution in [3.63, 3.8) is 0 Å². The van der Waals surface area contributed by atoms with Crippen molar-refractivity contribution in [2.45, 2.75) is 26.3 Å². The Morgan fingerprint density at radius 3 is 2.68 bits per heavy atom. The quantitative estimate of drug-likeness (QED) is 0.863. The second-order valence-electron chi connectivity index (χ2n) is 5.15. The van der Waals surface area contributed by atoms with E-state index >= 15 is 0 Å². The summed E-state index contributed by atoms with van der Waals surface area (Å²) in [5.74, 6) is 3.74. The van der Waals surface area contributed by atoms with Gasteiger partial charge in [0.25, 0.3) is 5.91 Å². The molecule has 1 aromatic rings. The lowest BCUT2D eigenvalue weighted by atomic mass is 10.0. The number of pyridine rings is 1. The molecule has 0 unspecified atom stereocenters. The number of nitrogens with one attached hydrogen (secondary N) is 1. The molecule has 1 heterocycles. The number of amides is 1. The molecule has 0 bridgehead atoms. The number of hydrogen-bond donors (Lipinski definition) is 1. The number of carbonyl (C=O) groups excluding carboxylic acids is 1. The summed E-state index contributed by atoms with van der Waals surface area (Å²) in [5.41, 5.74) is 1.31. The second kappa shape index (κ2) is 6.21.